The predicted molar refractivity (Wildman–Crippen MR) is 68.7 cm³/mol. The van der Waals surface area contributed by atoms with Crippen LogP contribution < -0.4 is 5.32 Å². The molecule has 0 radical (unpaired) electrons. The quantitative estimate of drug-likeness (QED) is 0.817. The average Bonchev–Trinajstić information content (AvgIpc) is 2.70. The third-order valence-electron chi connectivity index (χ3n) is 3.16. The van der Waals surface area contributed by atoms with Gasteiger partial charge in [0.25, 0.3) is 0 Å². The molecule has 0 aromatic carbocycles. The number of rotatable bonds is 3. The van der Waals surface area contributed by atoms with E-state index < -0.39 is 6.04 Å². The molecule has 1 atom stereocenters. The molecular weight excluding hydrogens is 300 g/mol. The summed E-state index contributed by atoms with van der Waals surface area (Å²) in [6.07, 6.45) is 0.226. The molecule has 1 saturated heterocycles. The van der Waals surface area contributed by atoms with Gasteiger partial charge in [-0.2, -0.15) is 5.10 Å². The summed E-state index contributed by atoms with van der Waals surface area (Å²) in [5.74, 6) is -0.312. The van der Waals surface area contributed by atoms with Gasteiger partial charge in [0.05, 0.1) is 28.3 Å². The summed E-state index contributed by atoms with van der Waals surface area (Å²) in [6.45, 7) is 2.40. The van der Waals surface area contributed by atoms with Crippen molar-refractivity contribution in [1.82, 2.24) is 20.0 Å². The fraction of sp³-hybridized carbons (Fsp3) is 0.545. The van der Waals surface area contributed by atoms with E-state index in [-0.39, 0.29) is 18.2 Å². The first-order chi connectivity index (χ1) is 8.41. The number of hydrogen-bond donors (Lipinski definition) is 1. The maximum absolute atomic E-state index is 11.7. The van der Waals surface area contributed by atoms with Gasteiger partial charge >= 0.3 is 0 Å². The Hall–Kier alpha value is -1.21. The Morgan fingerprint density at radius 2 is 2.11 bits per heavy atom. The van der Waals surface area contributed by atoms with Crippen LogP contribution in [0.3, 0.4) is 0 Å². The molecule has 0 spiro atoms. The average molecular weight is 315 g/mol. The number of nitrogens with zero attached hydrogens (tertiary/aromatic N) is 3. The standard InChI is InChI=1S/C11H15BrN4O2/c1-6-10(12)8(16(3)14-6)5-13-7-4-9(17)15(2)11(7)18/h7,13H,4-5H2,1-3H3. The lowest BCUT2D eigenvalue weighted by Crippen LogP contribution is -2.37. The number of aryl methyl sites for hydroxylation is 2. The summed E-state index contributed by atoms with van der Waals surface area (Å²) in [5, 5.41) is 7.37. The largest absolute Gasteiger partial charge is 0.300 e. The van der Waals surface area contributed by atoms with E-state index in [0.717, 1.165) is 15.9 Å². The monoisotopic (exact) mass is 314 g/mol. The van der Waals surface area contributed by atoms with Crippen molar-refractivity contribution in [2.24, 2.45) is 7.05 Å². The van der Waals surface area contributed by atoms with Crippen LogP contribution in [-0.4, -0.2) is 39.6 Å². The molecule has 0 saturated carbocycles. The van der Waals surface area contributed by atoms with E-state index in [9.17, 15) is 9.59 Å². The van der Waals surface area contributed by atoms with Crippen LogP contribution in [-0.2, 0) is 23.2 Å². The van der Waals surface area contributed by atoms with Crippen LogP contribution in [0.15, 0.2) is 4.47 Å². The summed E-state index contributed by atoms with van der Waals surface area (Å²) in [7, 11) is 3.36. The molecule has 1 fully saturated rings. The van der Waals surface area contributed by atoms with Crippen molar-refractivity contribution >= 4 is 27.7 Å². The molecule has 1 N–H and O–H groups in total. The van der Waals surface area contributed by atoms with Crippen molar-refractivity contribution in [3.63, 3.8) is 0 Å². The molecule has 7 heteroatoms. The molecule has 1 aromatic rings. The predicted octanol–water partition coefficient (Wildman–Crippen LogP) is 0.338. The van der Waals surface area contributed by atoms with E-state index in [1.54, 1.807) is 4.68 Å². The highest BCUT2D eigenvalue weighted by atomic mass is 79.9. The second kappa shape index (κ2) is 4.81. The van der Waals surface area contributed by atoms with Gasteiger partial charge in [0.2, 0.25) is 11.8 Å². The first-order valence-corrected chi connectivity index (χ1v) is 6.43. The van der Waals surface area contributed by atoms with Crippen LogP contribution in [0.4, 0.5) is 0 Å². The van der Waals surface area contributed by atoms with E-state index >= 15 is 0 Å². The van der Waals surface area contributed by atoms with Crippen LogP contribution >= 0.6 is 15.9 Å². The minimum Gasteiger partial charge on any atom is -0.300 e. The van der Waals surface area contributed by atoms with E-state index in [2.05, 4.69) is 26.3 Å². The maximum atomic E-state index is 11.7. The Balaban J connectivity index is 2.05. The van der Waals surface area contributed by atoms with Crippen LogP contribution in [0.5, 0.6) is 0 Å². The maximum Gasteiger partial charge on any atom is 0.246 e. The number of likely N-dealkylation sites (tertiary alicyclic amines) is 1. The fourth-order valence-corrected chi connectivity index (χ4v) is 2.48. The van der Waals surface area contributed by atoms with Gasteiger partial charge in [0.1, 0.15) is 0 Å². The summed E-state index contributed by atoms with van der Waals surface area (Å²) >= 11 is 3.46. The third-order valence-corrected chi connectivity index (χ3v) is 4.19. The van der Waals surface area contributed by atoms with Crippen LogP contribution in [0, 0.1) is 6.92 Å². The van der Waals surface area contributed by atoms with Crippen molar-refractivity contribution < 1.29 is 9.59 Å². The molecule has 98 valence electrons. The van der Waals surface area contributed by atoms with Crippen molar-refractivity contribution in [3.8, 4) is 0 Å². The Labute approximate surface area is 113 Å². The lowest BCUT2D eigenvalue weighted by atomic mass is 10.2. The van der Waals surface area contributed by atoms with E-state index in [4.69, 9.17) is 0 Å². The number of likely N-dealkylation sites (N-methyl/N-ethyl adjacent to an activating group) is 1. The Bertz CT molecular complexity index is 511. The van der Waals surface area contributed by atoms with Crippen molar-refractivity contribution in [3.05, 3.63) is 15.9 Å². The highest BCUT2D eigenvalue weighted by Crippen LogP contribution is 2.20. The molecule has 18 heavy (non-hydrogen) atoms. The SMILES string of the molecule is Cc1nn(C)c(CNC2CC(=O)N(C)C2=O)c1Br. The number of carbonyl (C=O) groups excluding carboxylic acids is 2. The minimum absolute atomic E-state index is 0.141. The zero-order chi connectivity index (χ0) is 13.4. The molecule has 2 amide bonds. The van der Waals surface area contributed by atoms with Gasteiger partial charge in [-0.15, -0.1) is 0 Å². The second-order valence-electron chi connectivity index (χ2n) is 4.40. The van der Waals surface area contributed by atoms with Gasteiger partial charge in [-0.25, -0.2) is 0 Å². The Morgan fingerprint density at radius 1 is 1.44 bits per heavy atom. The number of amides is 2. The first-order valence-electron chi connectivity index (χ1n) is 5.63. The van der Waals surface area contributed by atoms with Crippen molar-refractivity contribution in [2.75, 3.05) is 7.05 Å². The van der Waals surface area contributed by atoms with Gasteiger partial charge in [-0.3, -0.25) is 24.5 Å². The van der Waals surface area contributed by atoms with E-state index in [1.807, 2.05) is 14.0 Å². The number of carbonyl (C=O) groups is 2. The molecule has 1 aromatic heterocycles. The molecule has 0 aliphatic carbocycles. The minimum atomic E-state index is -0.426. The number of hydrogen-bond acceptors (Lipinski definition) is 4. The number of imide groups is 1. The van der Waals surface area contributed by atoms with E-state index in [0.29, 0.717) is 6.54 Å². The van der Waals surface area contributed by atoms with E-state index in [1.165, 1.54) is 11.9 Å². The van der Waals surface area contributed by atoms with Crippen molar-refractivity contribution in [2.45, 2.75) is 25.9 Å². The highest BCUT2D eigenvalue weighted by Gasteiger charge is 2.35. The summed E-state index contributed by atoms with van der Waals surface area (Å²) in [4.78, 5) is 24.3. The fourth-order valence-electron chi connectivity index (χ4n) is 2.01. The highest BCUT2D eigenvalue weighted by molar-refractivity contribution is 9.10. The van der Waals surface area contributed by atoms with Gasteiger partial charge in [0.15, 0.2) is 0 Å². The summed E-state index contributed by atoms with van der Waals surface area (Å²) < 4.78 is 2.69. The zero-order valence-electron chi connectivity index (χ0n) is 10.5. The lowest BCUT2D eigenvalue weighted by molar-refractivity contribution is -0.137. The lowest BCUT2D eigenvalue weighted by Gasteiger charge is -2.11. The second-order valence-corrected chi connectivity index (χ2v) is 5.19. The molecule has 1 aliphatic heterocycles. The van der Waals surface area contributed by atoms with Gasteiger partial charge in [0, 0.05) is 20.6 Å². The Morgan fingerprint density at radius 3 is 2.56 bits per heavy atom. The number of aromatic nitrogens is 2. The molecule has 6 nitrogen and oxygen atoms in total. The van der Waals surface area contributed by atoms with Crippen LogP contribution in [0.2, 0.25) is 0 Å². The normalized spacial score (nSPS) is 20.0. The molecule has 1 unspecified atom stereocenters. The summed E-state index contributed by atoms with van der Waals surface area (Å²) in [5.41, 5.74) is 1.86. The topological polar surface area (TPSA) is 67.2 Å². The van der Waals surface area contributed by atoms with Gasteiger partial charge < -0.3 is 0 Å². The van der Waals surface area contributed by atoms with Gasteiger partial charge in [-0.05, 0) is 22.9 Å². The molecule has 2 heterocycles. The zero-order valence-corrected chi connectivity index (χ0v) is 12.1. The number of halogens is 1. The van der Waals surface area contributed by atoms with Crippen molar-refractivity contribution in [1.29, 1.82) is 0 Å². The van der Waals surface area contributed by atoms with Gasteiger partial charge in [-0.1, -0.05) is 0 Å². The molecule has 1 aliphatic rings. The molecule has 0 bridgehead atoms. The van der Waals surface area contributed by atoms with Crippen LogP contribution in [0.1, 0.15) is 17.8 Å². The molecular formula is C11H15BrN4O2. The summed E-state index contributed by atoms with van der Waals surface area (Å²) in [6, 6.07) is -0.426. The first kappa shape index (κ1) is 13.2. The van der Waals surface area contributed by atoms with Crippen LogP contribution in [0.25, 0.3) is 0 Å². The number of nitrogens with one attached hydrogen (secondary N) is 1. The Kier molecular flexibility index (Phi) is 3.54. The third kappa shape index (κ3) is 2.20. The molecule has 2 rings (SSSR count). The smallest absolute Gasteiger partial charge is 0.246 e.